The third-order valence-corrected chi connectivity index (χ3v) is 5.74. The largest absolute Gasteiger partial charge is 0.381 e. The maximum absolute atomic E-state index is 12.6. The highest BCUT2D eigenvalue weighted by molar-refractivity contribution is 5.85. The first-order chi connectivity index (χ1) is 10.8. The Balaban J connectivity index is 0.00000144. The zero-order valence-electron chi connectivity index (χ0n) is 14.5. The summed E-state index contributed by atoms with van der Waals surface area (Å²) in [6, 6.07) is 0.360. The van der Waals surface area contributed by atoms with E-state index in [1.165, 1.54) is 32.4 Å². The molecule has 24 heavy (non-hydrogen) atoms. The highest BCUT2D eigenvalue weighted by Crippen LogP contribution is 2.23. The number of likely N-dealkylation sites (tertiary alicyclic amines) is 2. The molecule has 3 fully saturated rings. The Morgan fingerprint density at radius 2 is 1.50 bits per heavy atom. The number of carbonyl (C=O) groups excluding carboxylic acids is 1. The van der Waals surface area contributed by atoms with Crippen molar-refractivity contribution in [1.29, 1.82) is 0 Å². The van der Waals surface area contributed by atoms with Gasteiger partial charge >= 0.3 is 0 Å². The summed E-state index contributed by atoms with van der Waals surface area (Å²) in [6.45, 7) is 5.78. The molecule has 1 unspecified atom stereocenters. The molecule has 0 aromatic rings. The zero-order valence-corrected chi connectivity index (χ0v) is 16.2. The normalized spacial score (nSPS) is 25.5. The standard InChI is InChI=1S/C17H31N3O2.2ClH/c18-16(14-6-12-22-13-7-14)17(21)20-10-4-15(5-11-20)19-8-2-1-3-9-19;;/h14-16H,1-13,18H2;2*1H. The van der Waals surface area contributed by atoms with Gasteiger partial charge in [0.15, 0.2) is 0 Å². The molecule has 3 aliphatic heterocycles. The summed E-state index contributed by atoms with van der Waals surface area (Å²) in [5, 5.41) is 0. The molecule has 3 rings (SSSR count). The van der Waals surface area contributed by atoms with Crippen LogP contribution in [-0.2, 0) is 9.53 Å². The van der Waals surface area contributed by atoms with E-state index in [0.29, 0.717) is 12.0 Å². The van der Waals surface area contributed by atoms with Crippen LogP contribution >= 0.6 is 24.8 Å². The number of halogens is 2. The average Bonchev–Trinajstić information content (AvgIpc) is 2.62. The van der Waals surface area contributed by atoms with Crippen molar-refractivity contribution >= 4 is 30.7 Å². The van der Waals surface area contributed by atoms with Gasteiger partial charge in [0.2, 0.25) is 5.91 Å². The summed E-state index contributed by atoms with van der Waals surface area (Å²) >= 11 is 0. The molecule has 0 aliphatic carbocycles. The fourth-order valence-electron chi connectivity index (χ4n) is 4.22. The molecule has 7 heteroatoms. The lowest BCUT2D eigenvalue weighted by molar-refractivity contribution is -0.136. The molecule has 0 aromatic heterocycles. The fourth-order valence-corrected chi connectivity index (χ4v) is 4.22. The highest BCUT2D eigenvalue weighted by Gasteiger charge is 2.33. The van der Waals surface area contributed by atoms with E-state index in [4.69, 9.17) is 10.5 Å². The van der Waals surface area contributed by atoms with Crippen LogP contribution in [-0.4, -0.2) is 67.2 Å². The third kappa shape index (κ3) is 5.46. The Morgan fingerprint density at radius 3 is 2.08 bits per heavy atom. The van der Waals surface area contributed by atoms with Crippen LogP contribution in [0.1, 0.15) is 44.9 Å². The maximum atomic E-state index is 12.6. The predicted molar refractivity (Wildman–Crippen MR) is 101 cm³/mol. The zero-order chi connectivity index (χ0) is 15.4. The van der Waals surface area contributed by atoms with E-state index in [9.17, 15) is 4.79 Å². The molecule has 2 N–H and O–H groups in total. The summed E-state index contributed by atoms with van der Waals surface area (Å²) in [5.74, 6) is 0.477. The molecule has 0 radical (unpaired) electrons. The van der Waals surface area contributed by atoms with Gasteiger partial charge in [-0.1, -0.05) is 6.42 Å². The molecule has 3 heterocycles. The van der Waals surface area contributed by atoms with Crippen molar-refractivity contribution in [1.82, 2.24) is 9.80 Å². The van der Waals surface area contributed by atoms with Crippen LogP contribution in [0.4, 0.5) is 0 Å². The highest BCUT2D eigenvalue weighted by atomic mass is 35.5. The number of amides is 1. The molecular weight excluding hydrogens is 349 g/mol. The molecule has 0 aromatic carbocycles. The molecule has 0 saturated carbocycles. The van der Waals surface area contributed by atoms with Crippen molar-refractivity contribution in [2.75, 3.05) is 39.4 Å². The number of piperidine rings is 2. The van der Waals surface area contributed by atoms with Crippen molar-refractivity contribution in [3.63, 3.8) is 0 Å². The Hall–Kier alpha value is -0.0700. The number of hydrogen-bond acceptors (Lipinski definition) is 4. The molecule has 5 nitrogen and oxygen atoms in total. The Kier molecular flexibility index (Phi) is 9.90. The summed E-state index contributed by atoms with van der Waals surface area (Å²) < 4.78 is 5.37. The van der Waals surface area contributed by atoms with E-state index in [-0.39, 0.29) is 36.8 Å². The second kappa shape index (κ2) is 10.8. The SMILES string of the molecule is Cl.Cl.NC(C(=O)N1CCC(N2CCCCC2)CC1)C1CCOCC1. The van der Waals surface area contributed by atoms with Crippen molar-refractivity contribution in [3.8, 4) is 0 Å². The van der Waals surface area contributed by atoms with Crippen molar-refractivity contribution < 1.29 is 9.53 Å². The monoisotopic (exact) mass is 381 g/mol. The minimum Gasteiger partial charge on any atom is -0.381 e. The minimum absolute atomic E-state index is 0. The number of ether oxygens (including phenoxy) is 1. The van der Waals surface area contributed by atoms with Gasteiger partial charge in [-0.3, -0.25) is 4.79 Å². The lowest BCUT2D eigenvalue weighted by Gasteiger charge is -2.41. The van der Waals surface area contributed by atoms with Crippen LogP contribution in [0.25, 0.3) is 0 Å². The quantitative estimate of drug-likeness (QED) is 0.812. The van der Waals surface area contributed by atoms with Crippen molar-refractivity contribution in [2.24, 2.45) is 11.7 Å². The molecule has 3 saturated heterocycles. The number of nitrogens with zero attached hydrogens (tertiary/aromatic N) is 2. The van der Waals surface area contributed by atoms with E-state index in [2.05, 4.69) is 4.90 Å². The fraction of sp³-hybridized carbons (Fsp3) is 0.941. The first-order valence-electron chi connectivity index (χ1n) is 9.12. The smallest absolute Gasteiger partial charge is 0.239 e. The molecule has 1 amide bonds. The Labute approximate surface area is 158 Å². The van der Waals surface area contributed by atoms with Gasteiger partial charge in [0.25, 0.3) is 0 Å². The topological polar surface area (TPSA) is 58.8 Å². The van der Waals surface area contributed by atoms with E-state index in [1.807, 2.05) is 4.90 Å². The van der Waals surface area contributed by atoms with Gasteiger partial charge in [0, 0.05) is 32.3 Å². The molecule has 1 atom stereocenters. The lowest BCUT2D eigenvalue weighted by atomic mass is 9.90. The third-order valence-electron chi connectivity index (χ3n) is 5.74. The molecule has 0 bridgehead atoms. The van der Waals surface area contributed by atoms with E-state index < -0.39 is 0 Å². The first kappa shape index (κ1) is 22.0. The summed E-state index contributed by atoms with van der Waals surface area (Å²) in [7, 11) is 0. The van der Waals surface area contributed by atoms with Crippen LogP contribution < -0.4 is 5.73 Å². The van der Waals surface area contributed by atoms with Gasteiger partial charge in [-0.25, -0.2) is 0 Å². The number of hydrogen-bond donors (Lipinski definition) is 1. The van der Waals surface area contributed by atoms with Gasteiger partial charge in [-0.2, -0.15) is 0 Å². The second-order valence-electron chi connectivity index (χ2n) is 7.13. The van der Waals surface area contributed by atoms with E-state index in [1.54, 1.807) is 0 Å². The van der Waals surface area contributed by atoms with Crippen molar-refractivity contribution in [3.05, 3.63) is 0 Å². The van der Waals surface area contributed by atoms with Crippen LogP contribution in [0.15, 0.2) is 0 Å². The minimum atomic E-state index is -0.324. The molecule has 0 spiro atoms. The van der Waals surface area contributed by atoms with Crippen molar-refractivity contribution in [2.45, 2.75) is 57.0 Å². The Bertz CT molecular complexity index is 367. The second-order valence-corrected chi connectivity index (χ2v) is 7.13. The predicted octanol–water partition coefficient (Wildman–Crippen LogP) is 2.06. The van der Waals surface area contributed by atoms with Crippen LogP contribution in [0.5, 0.6) is 0 Å². The maximum Gasteiger partial charge on any atom is 0.239 e. The summed E-state index contributed by atoms with van der Waals surface area (Å²) in [4.78, 5) is 17.3. The Morgan fingerprint density at radius 1 is 0.917 bits per heavy atom. The van der Waals surface area contributed by atoms with Crippen LogP contribution in [0.3, 0.4) is 0 Å². The summed E-state index contributed by atoms with van der Waals surface area (Å²) in [5.41, 5.74) is 6.24. The first-order valence-corrected chi connectivity index (χ1v) is 9.12. The van der Waals surface area contributed by atoms with Gasteiger partial charge in [-0.15, -0.1) is 24.8 Å². The summed E-state index contributed by atoms with van der Waals surface area (Å²) in [6.07, 6.45) is 8.15. The van der Waals surface area contributed by atoms with Crippen LogP contribution in [0.2, 0.25) is 0 Å². The van der Waals surface area contributed by atoms with Gasteiger partial charge in [0.1, 0.15) is 0 Å². The molecule has 3 aliphatic rings. The lowest BCUT2D eigenvalue weighted by Crippen LogP contribution is -2.53. The average molecular weight is 382 g/mol. The molecular formula is C17H33Cl2N3O2. The van der Waals surface area contributed by atoms with Gasteiger partial charge < -0.3 is 20.3 Å². The number of nitrogens with two attached hydrogens (primary N) is 1. The molecule has 142 valence electrons. The van der Waals surface area contributed by atoms with Gasteiger partial charge in [0.05, 0.1) is 6.04 Å². The van der Waals surface area contributed by atoms with Crippen LogP contribution in [0, 0.1) is 5.92 Å². The van der Waals surface area contributed by atoms with E-state index in [0.717, 1.165) is 52.0 Å². The van der Waals surface area contributed by atoms with Gasteiger partial charge in [-0.05, 0) is 57.5 Å². The number of carbonyl (C=O) groups is 1. The van der Waals surface area contributed by atoms with E-state index >= 15 is 0 Å². The number of rotatable bonds is 3.